The van der Waals surface area contributed by atoms with Crippen LogP contribution in [0.4, 0.5) is 17.1 Å². The van der Waals surface area contributed by atoms with Crippen molar-refractivity contribution < 1.29 is 19.3 Å². The Morgan fingerprint density at radius 2 is 1.50 bits per heavy atom. The van der Waals surface area contributed by atoms with Crippen molar-refractivity contribution >= 4 is 40.5 Å². The average Bonchev–Trinajstić information content (AvgIpc) is 3.31. The first kappa shape index (κ1) is 20.2. The van der Waals surface area contributed by atoms with E-state index in [-0.39, 0.29) is 11.4 Å². The standard InChI is InChI=1S/C23H16ClN3O5/c24-18-9-5-4-8-17(18)20-19-21(32-26(20)15-6-2-1-3-7-15)23(29)25(22(19)28)14-10-12-16(13-11-14)27(30)31/h1-13,19-21H/t19-,20-,21+/m1/s1. The molecule has 0 aromatic heterocycles. The molecule has 0 aliphatic carbocycles. The zero-order chi connectivity index (χ0) is 22.4. The topological polar surface area (TPSA) is 93.0 Å². The van der Waals surface area contributed by atoms with Gasteiger partial charge in [-0.15, -0.1) is 0 Å². The zero-order valence-corrected chi connectivity index (χ0v) is 17.3. The molecule has 0 N–H and O–H groups in total. The van der Waals surface area contributed by atoms with Crippen LogP contribution in [-0.2, 0) is 14.4 Å². The van der Waals surface area contributed by atoms with Crippen molar-refractivity contribution in [3.8, 4) is 0 Å². The normalized spacial score (nSPS) is 22.3. The Labute approximate surface area is 187 Å². The molecule has 160 valence electrons. The van der Waals surface area contributed by atoms with Crippen LogP contribution in [-0.4, -0.2) is 22.8 Å². The summed E-state index contributed by atoms with van der Waals surface area (Å²) in [6.45, 7) is 0. The minimum Gasteiger partial charge on any atom is -0.273 e. The molecule has 32 heavy (non-hydrogen) atoms. The van der Waals surface area contributed by atoms with Crippen LogP contribution in [0.15, 0.2) is 78.9 Å². The first-order chi connectivity index (χ1) is 15.5. The number of nitrogens with zero attached hydrogens (tertiary/aromatic N) is 3. The number of hydrogen-bond acceptors (Lipinski definition) is 6. The highest BCUT2D eigenvalue weighted by Crippen LogP contribution is 2.48. The van der Waals surface area contributed by atoms with Gasteiger partial charge in [-0.25, -0.2) is 9.96 Å². The highest BCUT2D eigenvalue weighted by atomic mass is 35.5. The lowest BCUT2D eigenvalue weighted by molar-refractivity contribution is -0.384. The van der Waals surface area contributed by atoms with Crippen molar-refractivity contribution in [1.82, 2.24) is 0 Å². The number of carbonyl (C=O) groups excluding carboxylic acids is 2. The van der Waals surface area contributed by atoms with Crippen LogP contribution in [0.5, 0.6) is 0 Å². The number of nitro benzene ring substituents is 1. The van der Waals surface area contributed by atoms with E-state index in [9.17, 15) is 19.7 Å². The molecule has 2 aliphatic rings. The van der Waals surface area contributed by atoms with Gasteiger partial charge >= 0.3 is 0 Å². The molecule has 8 nitrogen and oxygen atoms in total. The Morgan fingerprint density at radius 1 is 0.844 bits per heavy atom. The summed E-state index contributed by atoms with van der Waals surface area (Å²) in [7, 11) is 0. The van der Waals surface area contributed by atoms with Crippen LogP contribution in [0.1, 0.15) is 11.6 Å². The van der Waals surface area contributed by atoms with Crippen molar-refractivity contribution in [3.63, 3.8) is 0 Å². The lowest BCUT2D eigenvalue weighted by Crippen LogP contribution is -2.37. The number of halogens is 1. The quantitative estimate of drug-likeness (QED) is 0.335. The molecule has 9 heteroatoms. The number of anilines is 2. The third-order valence-electron chi connectivity index (χ3n) is 5.67. The van der Waals surface area contributed by atoms with Crippen LogP contribution < -0.4 is 9.96 Å². The van der Waals surface area contributed by atoms with E-state index in [0.29, 0.717) is 16.3 Å². The van der Waals surface area contributed by atoms with Gasteiger partial charge in [-0.05, 0) is 35.9 Å². The zero-order valence-electron chi connectivity index (χ0n) is 16.5. The summed E-state index contributed by atoms with van der Waals surface area (Å²) in [5.74, 6) is -1.81. The number of hydrogen-bond donors (Lipinski definition) is 0. The molecule has 2 heterocycles. The number of hydroxylamine groups is 1. The first-order valence-corrected chi connectivity index (χ1v) is 10.2. The van der Waals surface area contributed by atoms with Gasteiger partial charge in [-0.3, -0.25) is 24.5 Å². The Morgan fingerprint density at radius 3 is 2.16 bits per heavy atom. The number of carbonyl (C=O) groups is 2. The summed E-state index contributed by atoms with van der Waals surface area (Å²) in [6, 6.07) is 21.0. The van der Waals surface area contributed by atoms with Gasteiger partial charge in [0.25, 0.3) is 11.6 Å². The van der Waals surface area contributed by atoms with Gasteiger partial charge in [-0.2, -0.15) is 0 Å². The van der Waals surface area contributed by atoms with E-state index < -0.39 is 34.8 Å². The van der Waals surface area contributed by atoms with E-state index in [1.165, 1.54) is 24.3 Å². The third-order valence-corrected chi connectivity index (χ3v) is 6.01. The van der Waals surface area contributed by atoms with E-state index >= 15 is 0 Å². The number of fused-ring (bicyclic) bond motifs is 1. The fraction of sp³-hybridized carbons (Fsp3) is 0.130. The molecule has 3 aromatic carbocycles. The summed E-state index contributed by atoms with van der Waals surface area (Å²) >= 11 is 6.48. The molecule has 2 amide bonds. The predicted molar refractivity (Wildman–Crippen MR) is 117 cm³/mol. The van der Waals surface area contributed by atoms with Gasteiger partial charge in [0.05, 0.1) is 22.3 Å². The maximum absolute atomic E-state index is 13.5. The smallest absolute Gasteiger partial charge is 0.269 e. The first-order valence-electron chi connectivity index (χ1n) is 9.85. The molecule has 3 aromatic rings. The van der Waals surface area contributed by atoms with Crippen molar-refractivity contribution in [2.45, 2.75) is 12.1 Å². The Kier molecular flexibility index (Phi) is 4.88. The second kappa shape index (κ2) is 7.74. The number of para-hydroxylation sites is 1. The Bertz CT molecular complexity index is 1220. The van der Waals surface area contributed by atoms with E-state index in [0.717, 1.165) is 4.90 Å². The largest absolute Gasteiger partial charge is 0.273 e. The number of non-ortho nitro benzene ring substituents is 1. The number of amides is 2. The molecule has 0 bridgehead atoms. The van der Waals surface area contributed by atoms with Crippen LogP contribution >= 0.6 is 11.6 Å². The Balaban J connectivity index is 1.57. The van der Waals surface area contributed by atoms with Gasteiger partial charge in [0.2, 0.25) is 5.91 Å². The van der Waals surface area contributed by atoms with E-state index in [1.807, 2.05) is 36.4 Å². The summed E-state index contributed by atoms with van der Waals surface area (Å²) in [5.41, 5.74) is 1.48. The molecular weight excluding hydrogens is 434 g/mol. The van der Waals surface area contributed by atoms with Crippen LogP contribution in [0.3, 0.4) is 0 Å². The SMILES string of the molecule is O=C1[C@H]2[C@H](ON(c3ccccc3)[C@@H]2c2ccccc2Cl)C(=O)N1c1ccc([N+](=O)[O-])cc1. The fourth-order valence-corrected chi connectivity index (χ4v) is 4.47. The summed E-state index contributed by atoms with van der Waals surface area (Å²) in [5, 5.41) is 13.0. The maximum Gasteiger partial charge on any atom is 0.269 e. The number of nitro groups is 1. The lowest BCUT2D eigenvalue weighted by Gasteiger charge is -2.29. The molecule has 2 aliphatic heterocycles. The molecule has 3 atom stereocenters. The highest BCUT2D eigenvalue weighted by Gasteiger charge is 2.60. The van der Waals surface area contributed by atoms with Crippen LogP contribution in [0.25, 0.3) is 0 Å². The van der Waals surface area contributed by atoms with Gasteiger partial charge in [0.1, 0.15) is 5.92 Å². The predicted octanol–water partition coefficient (Wildman–Crippen LogP) is 4.30. The van der Waals surface area contributed by atoms with Gasteiger partial charge in [0, 0.05) is 17.2 Å². The van der Waals surface area contributed by atoms with E-state index in [1.54, 1.807) is 23.3 Å². The molecular formula is C23H16ClN3O5. The summed E-state index contributed by atoms with van der Waals surface area (Å²) in [4.78, 5) is 44.2. The van der Waals surface area contributed by atoms with E-state index in [4.69, 9.17) is 16.4 Å². The number of benzene rings is 3. The summed E-state index contributed by atoms with van der Waals surface area (Å²) in [6.07, 6.45) is -1.04. The molecule has 0 spiro atoms. The maximum atomic E-state index is 13.5. The van der Waals surface area contributed by atoms with Crippen molar-refractivity contribution in [2.75, 3.05) is 9.96 Å². The number of rotatable bonds is 4. The van der Waals surface area contributed by atoms with Gasteiger partial charge in [0.15, 0.2) is 6.10 Å². The van der Waals surface area contributed by atoms with Crippen molar-refractivity contribution in [1.29, 1.82) is 0 Å². The monoisotopic (exact) mass is 449 g/mol. The van der Waals surface area contributed by atoms with Gasteiger partial charge in [-0.1, -0.05) is 48.0 Å². The summed E-state index contributed by atoms with van der Waals surface area (Å²) < 4.78 is 0. The average molecular weight is 450 g/mol. The fourth-order valence-electron chi connectivity index (χ4n) is 4.22. The Hall–Kier alpha value is -3.75. The van der Waals surface area contributed by atoms with Gasteiger partial charge < -0.3 is 0 Å². The minimum absolute atomic E-state index is 0.131. The van der Waals surface area contributed by atoms with Crippen LogP contribution in [0.2, 0.25) is 5.02 Å². The molecule has 2 saturated heterocycles. The van der Waals surface area contributed by atoms with Crippen molar-refractivity contribution in [2.24, 2.45) is 5.92 Å². The molecule has 2 fully saturated rings. The van der Waals surface area contributed by atoms with Crippen LogP contribution in [0, 0.1) is 16.0 Å². The van der Waals surface area contributed by atoms with Crippen molar-refractivity contribution in [3.05, 3.63) is 99.6 Å². The second-order valence-corrected chi connectivity index (χ2v) is 7.87. The minimum atomic E-state index is -1.04. The number of imide groups is 1. The molecule has 0 unspecified atom stereocenters. The third kappa shape index (κ3) is 3.12. The molecule has 5 rings (SSSR count). The molecule has 0 radical (unpaired) electrons. The lowest BCUT2D eigenvalue weighted by atomic mass is 9.90. The molecule has 0 saturated carbocycles. The van der Waals surface area contributed by atoms with E-state index in [2.05, 4.69) is 0 Å². The second-order valence-electron chi connectivity index (χ2n) is 7.46. The highest BCUT2D eigenvalue weighted by molar-refractivity contribution is 6.31.